The van der Waals surface area contributed by atoms with Gasteiger partial charge in [-0.25, -0.2) is 9.66 Å². The molecule has 5 nitrogen and oxygen atoms in total. The number of nitrogens with two attached hydrogens (primary N) is 1. The van der Waals surface area contributed by atoms with Crippen LogP contribution in [0.4, 0.5) is 0 Å². The first-order chi connectivity index (χ1) is 11.2. The Balaban J connectivity index is 1.85. The van der Waals surface area contributed by atoms with Crippen molar-refractivity contribution < 1.29 is 5.11 Å². The standard InChI is InChI=1S/C18H17N3O2/c19-21-17(13-5-6-13)20-16-8-7-14(9-15(16)18(21)23)12-3-1-11(10-22)2-4-12/h1-4,7-9,13,22H,5-6,10,19H2. The molecular formula is C18H17N3O2. The second-order valence-corrected chi connectivity index (χ2v) is 6.01. The molecule has 0 atom stereocenters. The number of rotatable bonds is 3. The van der Waals surface area contributed by atoms with Crippen LogP contribution < -0.4 is 11.4 Å². The Kier molecular flexibility index (Phi) is 3.16. The van der Waals surface area contributed by atoms with E-state index in [1.54, 1.807) is 0 Å². The molecule has 4 rings (SSSR count). The number of fused-ring (bicyclic) bond motifs is 1. The maximum absolute atomic E-state index is 12.5. The lowest BCUT2D eigenvalue weighted by Gasteiger charge is -2.09. The number of hydrogen-bond donors (Lipinski definition) is 2. The van der Waals surface area contributed by atoms with Crippen LogP contribution in [0.15, 0.2) is 47.3 Å². The van der Waals surface area contributed by atoms with Gasteiger partial charge in [-0.1, -0.05) is 30.3 Å². The first kappa shape index (κ1) is 14.0. The van der Waals surface area contributed by atoms with Gasteiger partial charge in [-0.15, -0.1) is 0 Å². The van der Waals surface area contributed by atoms with Gasteiger partial charge in [-0.05, 0) is 41.7 Å². The van der Waals surface area contributed by atoms with Gasteiger partial charge in [0.1, 0.15) is 5.82 Å². The third-order valence-corrected chi connectivity index (χ3v) is 4.34. The number of aliphatic hydroxyl groups is 1. The van der Waals surface area contributed by atoms with Gasteiger partial charge in [-0.2, -0.15) is 0 Å². The highest BCUT2D eigenvalue weighted by Crippen LogP contribution is 2.38. The summed E-state index contributed by atoms with van der Waals surface area (Å²) in [6, 6.07) is 13.3. The average molecular weight is 307 g/mol. The Hall–Kier alpha value is -2.66. The molecule has 23 heavy (non-hydrogen) atoms. The fraction of sp³-hybridized carbons (Fsp3) is 0.222. The van der Waals surface area contributed by atoms with E-state index in [9.17, 15) is 4.79 Å². The van der Waals surface area contributed by atoms with Crippen molar-refractivity contribution in [3.05, 3.63) is 64.2 Å². The first-order valence-electron chi connectivity index (χ1n) is 7.69. The third-order valence-electron chi connectivity index (χ3n) is 4.34. The summed E-state index contributed by atoms with van der Waals surface area (Å²) in [6.07, 6.45) is 2.09. The van der Waals surface area contributed by atoms with Crippen molar-refractivity contribution in [2.24, 2.45) is 0 Å². The van der Waals surface area contributed by atoms with E-state index in [1.807, 2.05) is 42.5 Å². The van der Waals surface area contributed by atoms with Crippen molar-refractivity contribution in [3.63, 3.8) is 0 Å². The molecule has 1 aromatic heterocycles. The zero-order chi connectivity index (χ0) is 16.0. The van der Waals surface area contributed by atoms with Gasteiger partial charge in [-0.3, -0.25) is 4.79 Å². The fourth-order valence-electron chi connectivity index (χ4n) is 2.83. The van der Waals surface area contributed by atoms with Gasteiger partial charge in [0.2, 0.25) is 0 Å². The highest BCUT2D eigenvalue weighted by atomic mass is 16.3. The molecule has 1 aliphatic rings. The Morgan fingerprint density at radius 3 is 2.48 bits per heavy atom. The van der Waals surface area contributed by atoms with Crippen molar-refractivity contribution in [1.29, 1.82) is 0 Å². The van der Waals surface area contributed by atoms with Crippen LogP contribution >= 0.6 is 0 Å². The molecule has 1 saturated carbocycles. The summed E-state index contributed by atoms with van der Waals surface area (Å²) < 4.78 is 1.19. The SMILES string of the molecule is Nn1c(C2CC2)nc2ccc(-c3ccc(CO)cc3)cc2c1=O. The molecule has 1 aliphatic carbocycles. The third kappa shape index (κ3) is 2.39. The molecule has 1 heterocycles. The average Bonchev–Trinajstić information content (AvgIpc) is 3.43. The maximum Gasteiger partial charge on any atom is 0.279 e. The second kappa shape index (κ2) is 5.21. The Bertz CT molecular complexity index is 941. The van der Waals surface area contributed by atoms with E-state index in [1.165, 1.54) is 4.68 Å². The smallest absolute Gasteiger partial charge is 0.279 e. The van der Waals surface area contributed by atoms with Gasteiger partial charge in [0.05, 0.1) is 17.5 Å². The van der Waals surface area contributed by atoms with Crippen LogP contribution in [0.25, 0.3) is 22.0 Å². The summed E-state index contributed by atoms with van der Waals surface area (Å²) in [7, 11) is 0. The minimum Gasteiger partial charge on any atom is -0.392 e. The van der Waals surface area contributed by atoms with Crippen molar-refractivity contribution in [1.82, 2.24) is 9.66 Å². The normalized spacial score (nSPS) is 14.3. The molecular weight excluding hydrogens is 290 g/mol. The number of hydrogen-bond acceptors (Lipinski definition) is 4. The van der Waals surface area contributed by atoms with Gasteiger partial charge >= 0.3 is 0 Å². The van der Waals surface area contributed by atoms with Crippen LogP contribution in [0, 0.1) is 0 Å². The van der Waals surface area contributed by atoms with Crippen LogP contribution in [0.1, 0.15) is 30.1 Å². The zero-order valence-corrected chi connectivity index (χ0v) is 12.6. The number of aromatic nitrogens is 2. The topological polar surface area (TPSA) is 81.1 Å². The van der Waals surface area contributed by atoms with Crippen molar-refractivity contribution >= 4 is 10.9 Å². The van der Waals surface area contributed by atoms with E-state index in [4.69, 9.17) is 10.9 Å². The van der Waals surface area contributed by atoms with E-state index < -0.39 is 0 Å². The molecule has 3 aromatic rings. The maximum atomic E-state index is 12.5. The summed E-state index contributed by atoms with van der Waals surface area (Å²) in [6.45, 7) is 0.0176. The Morgan fingerprint density at radius 1 is 1.13 bits per heavy atom. The van der Waals surface area contributed by atoms with Crippen molar-refractivity contribution in [2.75, 3.05) is 5.84 Å². The Morgan fingerprint density at radius 2 is 1.83 bits per heavy atom. The summed E-state index contributed by atoms with van der Waals surface area (Å²) in [5.41, 5.74) is 3.26. The van der Waals surface area contributed by atoms with Crippen LogP contribution in [0.2, 0.25) is 0 Å². The molecule has 0 spiro atoms. The van der Waals surface area contributed by atoms with E-state index >= 15 is 0 Å². The van der Waals surface area contributed by atoms with E-state index in [0.29, 0.717) is 22.6 Å². The van der Waals surface area contributed by atoms with Gasteiger partial charge < -0.3 is 10.9 Å². The monoisotopic (exact) mass is 307 g/mol. The van der Waals surface area contributed by atoms with Crippen LogP contribution in [0.5, 0.6) is 0 Å². The molecule has 1 fully saturated rings. The first-order valence-corrected chi connectivity index (χ1v) is 7.69. The van der Waals surface area contributed by atoms with Gasteiger partial charge in [0.25, 0.3) is 5.56 Å². The highest BCUT2D eigenvalue weighted by Gasteiger charge is 2.28. The van der Waals surface area contributed by atoms with Crippen molar-refractivity contribution in [3.8, 4) is 11.1 Å². The number of benzene rings is 2. The van der Waals surface area contributed by atoms with E-state index in [0.717, 1.165) is 29.5 Å². The predicted molar refractivity (Wildman–Crippen MR) is 89.5 cm³/mol. The molecule has 0 unspecified atom stereocenters. The minimum atomic E-state index is -0.203. The Labute approximate surface area is 133 Å². The molecule has 5 heteroatoms. The quantitative estimate of drug-likeness (QED) is 0.726. The summed E-state index contributed by atoms with van der Waals surface area (Å²) >= 11 is 0. The fourth-order valence-corrected chi connectivity index (χ4v) is 2.83. The molecule has 2 aromatic carbocycles. The largest absolute Gasteiger partial charge is 0.392 e. The molecule has 116 valence electrons. The van der Waals surface area contributed by atoms with Gasteiger partial charge in [0, 0.05) is 5.92 Å². The van der Waals surface area contributed by atoms with E-state index in [-0.39, 0.29) is 12.2 Å². The minimum absolute atomic E-state index is 0.0176. The van der Waals surface area contributed by atoms with Crippen LogP contribution in [-0.4, -0.2) is 14.8 Å². The molecule has 0 saturated heterocycles. The lowest BCUT2D eigenvalue weighted by atomic mass is 10.0. The number of nitrogens with zero attached hydrogens (tertiary/aromatic N) is 2. The molecule has 0 aliphatic heterocycles. The number of aliphatic hydroxyl groups excluding tert-OH is 1. The summed E-state index contributed by atoms with van der Waals surface area (Å²) in [4.78, 5) is 17.1. The second-order valence-electron chi connectivity index (χ2n) is 6.01. The van der Waals surface area contributed by atoms with E-state index in [2.05, 4.69) is 4.98 Å². The van der Waals surface area contributed by atoms with Gasteiger partial charge in [0.15, 0.2) is 0 Å². The molecule has 0 radical (unpaired) electrons. The highest BCUT2D eigenvalue weighted by molar-refractivity contribution is 5.84. The number of nitrogen functional groups attached to an aromatic ring is 1. The molecule has 0 amide bonds. The van der Waals surface area contributed by atoms with Crippen LogP contribution in [-0.2, 0) is 6.61 Å². The summed E-state index contributed by atoms with van der Waals surface area (Å²) in [5.74, 6) is 6.94. The molecule has 3 N–H and O–H groups in total. The summed E-state index contributed by atoms with van der Waals surface area (Å²) in [5, 5.41) is 9.65. The van der Waals surface area contributed by atoms with Crippen LogP contribution in [0.3, 0.4) is 0 Å². The predicted octanol–water partition coefficient (Wildman–Crippen LogP) is 2.15. The lowest BCUT2D eigenvalue weighted by Crippen LogP contribution is -2.31. The zero-order valence-electron chi connectivity index (χ0n) is 12.6. The molecule has 0 bridgehead atoms. The van der Waals surface area contributed by atoms with Crippen molar-refractivity contribution in [2.45, 2.75) is 25.4 Å². The lowest BCUT2D eigenvalue weighted by molar-refractivity contribution is 0.282.